The van der Waals surface area contributed by atoms with Crippen LogP contribution < -0.4 is 0 Å². The van der Waals surface area contributed by atoms with Gasteiger partial charge < -0.3 is 0 Å². The summed E-state index contributed by atoms with van der Waals surface area (Å²) in [5.74, 6) is 7.12. The van der Waals surface area contributed by atoms with Crippen molar-refractivity contribution in [2.45, 2.75) is 98.3 Å². The van der Waals surface area contributed by atoms with Gasteiger partial charge in [-0.15, -0.1) is 0 Å². The van der Waals surface area contributed by atoms with E-state index < -0.39 is 0 Å². The van der Waals surface area contributed by atoms with E-state index >= 15 is 0 Å². The highest BCUT2D eigenvalue weighted by atomic mass is 14.3. The Morgan fingerprint density at radius 2 is 1.43 bits per heavy atom. The molecule has 0 saturated heterocycles. The van der Waals surface area contributed by atoms with E-state index in [2.05, 4.69) is 39.5 Å². The van der Waals surface area contributed by atoms with Crippen molar-refractivity contribution in [1.29, 1.82) is 0 Å². The van der Waals surface area contributed by atoms with Gasteiger partial charge in [-0.25, -0.2) is 0 Å². The largest absolute Gasteiger partial charge is 0.0979 e. The van der Waals surface area contributed by atoms with Crippen LogP contribution in [0.3, 0.4) is 0 Å². The Hall–Kier alpha value is -1.22. The van der Waals surface area contributed by atoms with Crippen molar-refractivity contribution < 1.29 is 0 Å². The molecule has 0 radical (unpaired) electrons. The Bertz CT molecular complexity index is 581. The quantitative estimate of drug-likeness (QED) is 0.416. The molecule has 0 N–H and O–H groups in total. The van der Waals surface area contributed by atoms with Crippen LogP contribution in [-0.4, -0.2) is 0 Å². The third-order valence-electron chi connectivity index (χ3n) is 5.27. The fourth-order valence-electron chi connectivity index (χ4n) is 4.09. The smallest absolute Gasteiger partial charge is 0.0314 e. The SMILES string of the molecule is CCCCC#Cc1c(CCCC)c(CC)c2c(c1CC)CCC2. The van der Waals surface area contributed by atoms with Crippen LogP contribution in [0.25, 0.3) is 0 Å². The highest BCUT2D eigenvalue weighted by Gasteiger charge is 2.23. The summed E-state index contributed by atoms with van der Waals surface area (Å²) in [6.07, 6.45) is 13.5. The minimum absolute atomic E-state index is 1.05. The maximum atomic E-state index is 3.63. The van der Waals surface area contributed by atoms with Gasteiger partial charge >= 0.3 is 0 Å². The number of benzene rings is 1. The molecule has 1 aromatic carbocycles. The summed E-state index contributed by atoms with van der Waals surface area (Å²) in [5.41, 5.74) is 9.65. The second kappa shape index (κ2) is 9.17. The summed E-state index contributed by atoms with van der Waals surface area (Å²) in [6, 6.07) is 0. The molecule has 0 atom stereocenters. The minimum atomic E-state index is 1.05. The molecule has 0 amide bonds. The molecule has 0 unspecified atom stereocenters. The molecule has 1 aromatic rings. The van der Waals surface area contributed by atoms with Crippen LogP contribution in [0.1, 0.15) is 99.6 Å². The van der Waals surface area contributed by atoms with E-state index in [1.54, 1.807) is 27.8 Å². The molecule has 0 aromatic heterocycles. The number of hydrogen-bond donors (Lipinski definition) is 0. The Balaban J connectivity index is 2.55. The van der Waals surface area contributed by atoms with Gasteiger partial charge in [0, 0.05) is 12.0 Å². The molecule has 1 aliphatic rings. The Morgan fingerprint density at radius 1 is 0.783 bits per heavy atom. The minimum Gasteiger partial charge on any atom is -0.0979 e. The highest BCUT2D eigenvalue weighted by Crippen LogP contribution is 2.35. The van der Waals surface area contributed by atoms with Gasteiger partial charge in [-0.3, -0.25) is 0 Å². The van der Waals surface area contributed by atoms with E-state index in [0.29, 0.717) is 0 Å². The zero-order valence-corrected chi connectivity index (χ0v) is 15.8. The van der Waals surface area contributed by atoms with E-state index in [1.165, 1.54) is 63.4 Å². The van der Waals surface area contributed by atoms with Crippen molar-refractivity contribution in [2.24, 2.45) is 0 Å². The van der Waals surface area contributed by atoms with Gasteiger partial charge in [0.05, 0.1) is 0 Å². The number of hydrogen-bond acceptors (Lipinski definition) is 0. The molecule has 126 valence electrons. The average Bonchev–Trinajstić information content (AvgIpc) is 3.05. The van der Waals surface area contributed by atoms with E-state index in [1.807, 2.05) is 0 Å². The molecule has 23 heavy (non-hydrogen) atoms. The van der Waals surface area contributed by atoms with Crippen molar-refractivity contribution >= 4 is 0 Å². The summed E-state index contributed by atoms with van der Waals surface area (Å²) in [5, 5.41) is 0. The summed E-state index contributed by atoms with van der Waals surface area (Å²) in [7, 11) is 0. The maximum Gasteiger partial charge on any atom is 0.0314 e. The van der Waals surface area contributed by atoms with Crippen LogP contribution in [0.4, 0.5) is 0 Å². The van der Waals surface area contributed by atoms with Crippen LogP contribution in [-0.2, 0) is 32.1 Å². The Labute approximate surface area is 144 Å². The normalized spacial score (nSPS) is 12.9. The van der Waals surface area contributed by atoms with Crippen LogP contribution in [0.5, 0.6) is 0 Å². The van der Waals surface area contributed by atoms with Gasteiger partial charge in [0.25, 0.3) is 0 Å². The summed E-state index contributed by atoms with van der Waals surface area (Å²) in [6.45, 7) is 9.20. The molecule has 1 aliphatic carbocycles. The molecule has 0 bridgehead atoms. The Morgan fingerprint density at radius 3 is 2.04 bits per heavy atom. The van der Waals surface area contributed by atoms with E-state index in [-0.39, 0.29) is 0 Å². The first-order valence-electron chi connectivity index (χ1n) is 9.95. The van der Waals surface area contributed by atoms with E-state index in [4.69, 9.17) is 0 Å². The lowest BCUT2D eigenvalue weighted by molar-refractivity contribution is 0.780. The second-order valence-corrected chi connectivity index (χ2v) is 6.84. The van der Waals surface area contributed by atoms with Crippen molar-refractivity contribution in [1.82, 2.24) is 0 Å². The third kappa shape index (κ3) is 4.00. The molecule has 0 fully saturated rings. The highest BCUT2D eigenvalue weighted by molar-refractivity contribution is 5.59. The predicted octanol–water partition coefficient (Wildman–Crippen LogP) is 6.18. The standard InChI is InChI=1S/C23H34/c1-5-9-11-12-15-21-19(8-4)23-17-13-16-22(23)18(7-3)20(21)14-10-6-2/h5-11,13-14,16-17H2,1-4H3. The molecule has 0 heterocycles. The van der Waals surface area contributed by atoms with Crippen LogP contribution in [0.2, 0.25) is 0 Å². The topological polar surface area (TPSA) is 0 Å². The number of fused-ring (bicyclic) bond motifs is 1. The fraction of sp³-hybridized carbons (Fsp3) is 0.652. The van der Waals surface area contributed by atoms with Crippen molar-refractivity contribution in [2.75, 3.05) is 0 Å². The fourth-order valence-corrected chi connectivity index (χ4v) is 4.09. The number of unbranched alkanes of at least 4 members (excludes halogenated alkanes) is 3. The molecule has 2 rings (SSSR count). The lowest BCUT2D eigenvalue weighted by atomic mass is 9.84. The van der Waals surface area contributed by atoms with E-state index in [9.17, 15) is 0 Å². The molecule has 0 spiro atoms. The lowest BCUT2D eigenvalue weighted by Crippen LogP contribution is -2.08. The van der Waals surface area contributed by atoms with Crippen molar-refractivity contribution in [3.05, 3.63) is 33.4 Å². The molecule has 0 heteroatoms. The lowest BCUT2D eigenvalue weighted by Gasteiger charge is -2.20. The van der Waals surface area contributed by atoms with Gasteiger partial charge in [0.1, 0.15) is 0 Å². The average molecular weight is 311 g/mol. The third-order valence-corrected chi connectivity index (χ3v) is 5.27. The zero-order chi connectivity index (χ0) is 16.7. The Kier molecular flexibility index (Phi) is 7.22. The first kappa shape index (κ1) is 18.1. The zero-order valence-electron chi connectivity index (χ0n) is 15.8. The van der Waals surface area contributed by atoms with Gasteiger partial charge in [-0.2, -0.15) is 0 Å². The molecule has 0 nitrogen and oxygen atoms in total. The second-order valence-electron chi connectivity index (χ2n) is 6.84. The summed E-state index contributed by atoms with van der Waals surface area (Å²) in [4.78, 5) is 0. The molecular weight excluding hydrogens is 276 g/mol. The van der Waals surface area contributed by atoms with Crippen LogP contribution >= 0.6 is 0 Å². The predicted molar refractivity (Wildman–Crippen MR) is 102 cm³/mol. The van der Waals surface area contributed by atoms with Gasteiger partial charge in [-0.05, 0) is 79.2 Å². The van der Waals surface area contributed by atoms with Crippen LogP contribution in [0, 0.1) is 11.8 Å². The monoisotopic (exact) mass is 310 g/mol. The van der Waals surface area contributed by atoms with Gasteiger partial charge in [0.15, 0.2) is 0 Å². The maximum absolute atomic E-state index is 3.63. The molecular formula is C23H34. The molecule has 0 aliphatic heterocycles. The van der Waals surface area contributed by atoms with Crippen molar-refractivity contribution in [3.63, 3.8) is 0 Å². The summed E-state index contributed by atoms with van der Waals surface area (Å²) >= 11 is 0. The van der Waals surface area contributed by atoms with Crippen LogP contribution in [0.15, 0.2) is 0 Å². The first-order chi connectivity index (χ1) is 11.3. The summed E-state index contributed by atoms with van der Waals surface area (Å²) < 4.78 is 0. The first-order valence-corrected chi connectivity index (χ1v) is 9.95. The van der Waals surface area contributed by atoms with E-state index in [0.717, 1.165) is 12.8 Å². The number of rotatable bonds is 7. The molecule has 0 saturated carbocycles. The van der Waals surface area contributed by atoms with Gasteiger partial charge in [-0.1, -0.05) is 52.4 Å². The van der Waals surface area contributed by atoms with Crippen molar-refractivity contribution in [3.8, 4) is 11.8 Å². The van der Waals surface area contributed by atoms with Gasteiger partial charge in [0.2, 0.25) is 0 Å².